The Bertz CT molecular complexity index is 349. The molecule has 0 aliphatic carbocycles. The highest BCUT2D eigenvalue weighted by Gasteiger charge is 2.33. The molecule has 76 valence electrons. The fourth-order valence-electron chi connectivity index (χ4n) is 1.00. The highest BCUT2D eigenvalue weighted by Crippen LogP contribution is 2.36. The van der Waals surface area contributed by atoms with Crippen molar-refractivity contribution >= 4 is 17.8 Å². The lowest BCUT2D eigenvalue weighted by Gasteiger charge is -2.12. The number of hydrogen-bond acceptors (Lipinski definition) is 2. The van der Waals surface area contributed by atoms with Crippen molar-refractivity contribution in [1.82, 2.24) is 0 Å². The molecule has 0 unspecified atom stereocenters. The van der Waals surface area contributed by atoms with E-state index in [1.807, 2.05) is 0 Å². The van der Waals surface area contributed by atoms with Gasteiger partial charge in [0, 0.05) is 0 Å². The van der Waals surface area contributed by atoms with Crippen LogP contribution in [0.25, 0.3) is 0 Å². The Balaban J connectivity index is 3.20. The van der Waals surface area contributed by atoms with Crippen molar-refractivity contribution in [3.8, 4) is 0 Å². The predicted octanol–water partition coefficient (Wildman–Crippen LogP) is 1.86. The zero-order chi connectivity index (χ0) is 10.8. The molecule has 0 atom stereocenters. The first-order valence-corrected chi connectivity index (χ1v) is 3.62. The van der Waals surface area contributed by atoms with Crippen LogP contribution in [0.15, 0.2) is 18.2 Å². The third-order valence-corrected chi connectivity index (χ3v) is 1.63. The molecule has 1 aromatic rings. The van der Waals surface area contributed by atoms with Gasteiger partial charge in [0.1, 0.15) is 0 Å². The van der Waals surface area contributed by atoms with E-state index in [0.717, 1.165) is 6.07 Å². The number of para-hydroxylation sites is 1. The molecule has 0 saturated carbocycles. The third kappa shape index (κ3) is 1.95. The van der Waals surface area contributed by atoms with Gasteiger partial charge in [-0.3, -0.25) is 4.79 Å². The van der Waals surface area contributed by atoms with Gasteiger partial charge in [0.25, 0.3) is 0 Å². The number of anilines is 2. The maximum Gasteiger partial charge on any atom is 0.418 e. The van der Waals surface area contributed by atoms with Crippen LogP contribution >= 0.6 is 0 Å². The monoisotopic (exact) mass is 204 g/mol. The van der Waals surface area contributed by atoms with Crippen molar-refractivity contribution in [3.05, 3.63) is 23.8 Å². The van der Waals surface area contributed by atoms with Crippen molar-refractivity contribution in [2.75, 3.05) is 11.1 Å². The minimum atomic E-state index is -4.51. The van der Waals surface area contributed by atoms with Crippen LogP contribution in [-0.4, -0.2) is 6.41 Å². The summed E-state index contributed by atoms with van der Waals surface area (Å²) in [6.45, 7) is 0. The van der Waals surface area contributed by atoms with Gasteiger partial charge in [-0.15, -0.1) is 0 Å². The van der Waals surface area contributed by atoms with Gasteiger partial charge in [-0.2, -0.15) is 13.2 Å². The van der Waals surface area contributed by atoms with Gasteiger partial charge in [0.05, 0.1) is 16.9 Å². The van der Waals surface area contributed by atoms with Gasteiger partial charge in [-0.05, 0) is 12.1 Å². The molecule has 0 spiro atoms. The molecule has 1 rings (SSSR count). The Hall–Kier alpha value is -1.72. The molecule has 0 heterocycles. The molecule has 0 saturated heterocycles. The molecule has 0 radical (unpaired) electrons. The number of rotatable bonds is 2. The summed E-state index contributed by atoms with van der Waals surface area (Å²) < 4.78 is 36.8. The second-order valence-corrected chi connectivity index (χ2v) is 2.53. The third-order valence-electron chi connectivity index (χ3n) is 1.63. The van der Waals surface area contributed by atoms with Crippen LogP contribution in [0.4, 0.5) is 24.5 Å². The molecule has 6 heteroatoms. The molecule has 3 nitrogen and oxygen atoms in total. The number of alkyl halides is 3. The normalized spacial score (nSPS) is 11.1. The average Bonchev–Trinajstić information content (AvgIpc) is 2.07. The molecule has 0 fully saturated rings. The van der Waals surface area contributed by atoms with E-state index in [1.165, 1.54) is 12.1 Å². The van der Waals surface area contributed by atoms with Gasteiger partial charge in [0.15, 0.2) is 0 Å². The van der Waals surface area contributed by atoms with Crippen LogP contribution in [0.5, 0.6) is 0 Å². The second kappa shape index (κ2) is 3.57. The first-order valence-electron chi connectivity index (χ1n) is 3.62. The summed E-state index contributed by atoms with van der Waals surface area (Å²) in [4.78, 5) is 10.0. The predicted molar refractivity (Wildman–Crippen MR) is 45.5 cm³/mol. The zero-order valence-corrected chi connectivity index (χ0v) is 6.93. The summed E-state index contributed by atoms with van der Waals surface area (Å²) in [5, 5.41) is 2.08. The maximum absolute atomic E-state index is 12.3. The summed E-state index contributed by atoms with van der Waals surface area (Å²) in [7, 11) is 0. The summed E-state index contributed by atoms with van der Waals surface area (Å²) in [5.41, 5.74) is 3.73. The number of carbonyl (C=O) groups is 1. The van der Waals surface area contributed by atoms with Crippen LogP contribution in [-0.2, 0) is 11.0 Å². The number of carbonyl (C=O) groups excluding carboxylic acids is 1. The molecular formula is C8H7F3N2O. The molecule has 0 aliphatic heterocycles. The maximum atomic E-state index is 12.3. The molecule has 0 aromatic heterocycles. The number of amides is 1. The van der Waals surface area contributed by atoms with Crippen molar-refractivity contribution in [1.29, 1.82) is 0 Å². The van der Waals surface area contributed by atoms with Crippen molar-refractivity contribution in [3.63, 3.8) is 0 Å². The van der Waals surface area contributed by atoms with Gasteiger partial charge < -0.3 is 11.1 Å². The zero-order valence-electron chi connectivity index (χ0n) is 6.93. The topological polar surface area (TPSA) is 55.1 Å². The smallest absolute Gasteiger partial charge is 0.397 e. The number of benzene rings is 1. The number of hydrogen-bond donors (Lipinski definition) is 2. The van der Waals surface area contributed by atoms with E-state index in [4.69, 9.17) is 5.73 Å². The molecule has 1 amide bonds. The lowest BCUT2D eigenvalue weighted by Crippen LogP contribution is -2.10. The van der Waals surface area contributed by atoms with Crippen LogP contribution < -0.4 is 11.1 Å². The molecule has 14 heavy (non-hydrogen) atoms. The highest BCUT2D eigenvalue weighted by atomic mass is 19.4. The number of nitrogen functional groups attached to an aromatic ring is 1. The Morgan fingerprint density at radius 3 is 2.50 bits per heavy atom. The second-order valence-electron chi connectivity index (χ2n) is 2.53. The molecule has 0 bridgehead atoms. The lowest BCUT2D eigenvalue weighted by molar-refractivity contribution is -0.136. The SMILES string of the molecule is Nc1c(NC=O)cccc1C(F)(F)F. The van der Waals surface area contributed by atoms with Crippen molar-refractivity contribution < 1.29 is 18.0 Å². The lowest BCUT2D eigenvalue weighted by atomic mass is 10.1. The van der Waals surface area contributed by atoms with Gasteiger partial charge in [0.2, 0.25) is 6.41 Å². The van der Waals surface area contributed by atoms with Gasteiger partial charge in [-0.25, -0.2) is 0 Å². The average molecular weight is 204 g/mol. The standard InChI is InChI=1S/C8H7F3N2O/c9-8(10,11)5-2-1-3-6(7(5)12)13-4-14/h1-4H,12H2,(H,13,14). The van der Waals surface area contributed by atoms with E-state index in [9.17, 15) is 18.0 Å². The Kier molecular flexibility index (Phi) is 2.64. The van der Waals surface area contributed by atoms with E-state index in [-0.39, 0.29) is 12.1 Å². The van der Waals surface area contributed by atoms with E-state index < -0.39 is 17.4 Å². The summed E-state index contributed by atoms with van der Waals surface area (Å²) in [5.74, 6) is 0. The molecule has 3 N–H and O–H groups in total. The highest BCUT2D eigenvalue weighted by molar-refractivity contribution is 5.81. The fourth-order valence-corrected chi connectivity index (χ4v) is 1.00. The van der Waals surface area contributed by atoms with E-state index >= 15 is 0 Å². The summed E-state index contributed by atoms with van der Waals surface area (Å²) >= 11 is 0. The molecular weight excluding hydrogens is 197 g/mol. The minimum absolute atomic E-state index is 0.0465. The van der Waals surface area contributed by atoms with E-state index in [0.29, 0.717) is 0 Å². The van der Waals surface area contributed by atoms with Gasteiger partial charge >= 0.3 is 6.18 Å². The Morgan fingerprint density at radius 2 is 2.00 bits per heavy atom. The van der Waals surface area contributed by atoms with Crippen LogP contribution in [0, 0.1) is 0 Å². The molecule has 0 aliphatic rings. The molecule has 1 aromatic carbocycles. The number of nitrogens with two attached hydrogens (primary N) is 1. The van der Waals surface area contributed by atoms with Crippen molar-refractivity contribution in [2.45, 2.75) is 6.18 Å². The van der Waals surface area contributed by atoms with Crippen LogP contribution in [0.2, 0.25) is 0 Å². The van der Waals surface area contributed by atoms with E-state index in [1.54, 1.807) is 0 Å². The quantitative estimate of drug-likeness (QED) is 0.570. The summed E-state index contributed by atoms with van der Waals surface area (Å²) in [6.07, 6.45) is -4.24. The number of halogens is 3. The van der Waals surface area contributed by atoms with Crippen LogP contribution in [0.3, 0.4) is 0 Å². The fraction of sp³-hybridized carbons (Fsp3) is 0.125. The van der Waals surface area contributed by atoms with Gasteiger partial charge in [-0.1, -0.05) is 6.07 Å². The summed E-state index contributed by atoms with van der Waals surface area (Å²) in [6, 6.07) is 3.31. The largest absolute Gasteiger partial charge is 0.418 e. The Labute approximate surface area is 77.7 Å². The van der Waals surface area contributed by atoms with E-state index in [2.05, 4.69) is 5.32 Å². The van der Waals surface area contributed by atoms with Crippen LogP contribution in [0.1, 0.15) is 5.56 Å². The first-order chi connectivity index (χ1) is 6.46. The number of nitrogens with one attached hydrogen (secondary N) is 1. The Morgan fingerprint density at radius 1 is 1.36 bits per heavy atom. The van der Waals surface area contributed by atoms with Crippen molar-refractivity contribution in [2.24, 2.45) is 0 Å². The first kappa shape index (κ1) is 10.4. The minimum Gasteiger partial charge on any atom is -0.397 e.